The summed E-state index contributed by atoms with van der Waals surface area (Å²) in [6, 6.07) is 8.91. The minimum atomic E-state index is 0.513. The van der Waals surface area contributed by atoms with Crippen LogP contribution in [-0.4, -0.2) is 11.8 Å². The molecule has 0 aromatic heterocycles. The number of benzene rings is 1. The summed E-state index contributed by atoms with van der Waals surface area (Å²) < 4.78 is 1.13. The molecule has 1 heterocycles. The number of hydrogen-bond acceptors (Lipinski definition) is 1. The van der Waals surface area contributed by atoms with E-state index in [4.69, 9.17) is 0 Å². The van der Waals surface area contributed by atoms with Gasteiger partial charge in [-0.1, -0.05) is 28.1 Å². The van der Waals surface area contributed by atoms with Gasteiger partial charge in [0, 0.05) is 16.2 Å². The second-order valence-electron chi connectivity index (χ2n) is 3.47. The maximum Gasteiger partial charge on any atom is 0.0478 e. The molecule has 2 heteroatoms. The first-order valence-corrected chi connectivity index (χ1v) is 5.37. The van der Waals surface area contributed by atoms with Crippen molar-refractivity contribution in [3.05, 3.63) is 34.3 Å². The first kappa shape index (κ1) is 8.95. The summed E-state index contributed by atoms with van der Waals surface area (Å²) in [6.07, 6.45) is 2.33. The first-order chi connectivity index (χ1) is 6.25. The van der Waals surface area contributed by atoms with Crippen LogP contribution in [0.3, 0.4) is 0 Å². The molecule has 68 valence electrons. The van der Waals surface area contributed by atoms with Crippen molar-refractivity contribution >= 4 is 21.6 Å². The molecule has 0 amide bonds. The van der Waals surface area contributed by atoms with Gasteiger partial charge in [-0.2, -0.15) is 0 Å². The molecule has 0 bridgehead atoms. The zero-order valence-corrected chi connectivity index (χ0v) is 9.21. The highest BCUT2D eigenvalue weighted by Gasteiger charge is 2.13. The standard InChI is InChI=1S/C11H12BrN/c1-8-2-7-11(13-8)9-3-5-10(12)6-4-9/h3-6,8H,2,7H2,1H3. The van der Waals surface area contributed by atoms with Gasteiger partial charge in [0.1, 0.15) is 0 Å². The lowest BCUT2D eigenvalue weighted by atomic mass is 10.1. The Morgan fingerprint density at radius 2 is 2.00 bits per heavy atom. The topological polar surface area (TPSA) is 12.4 Å². The van der Waals surface area contributed by atoms with Gasteiger partial charge in [0.15, 0.2) is 0 Å². The van der Waals surface area contributed by atoms with Crippen LogP contribution in [0.25, 0.3) is 0 Å². The Morgan fingerprint density at radius 3 is 2.54 bits per heavy atom. The smallest absolute Gasteiger partial charge is 0.0478 e. The van der Waals surface area contributed by atoms with Crippen molar-refractivity contribution in [1.82, 2.24) is 0 Å². The molecule has 0 spiro atoms. The molecule has 1 atom stereocenters. The van der Waals surface area contributed by atoms with Crippen LogP contribution in [0.1, 0.15) is 25.3 Å². The SMILES string of the molecule is CC1CCC(c2ccc(Br)cc2)=N1. The Hall–Kier alpha value is -0.630. The molecular weight excluding hydrogens is 226 g/mol. The summed E-state index contributed by atoms with van der Waals surface area (Å²) >= 11 is 3.43. The molecule has 0 saturated carbocycles. The molecule has 1 aromatic rings. The van der Waals surface area contributed by atoms with Gasteiger partial charge in [0.25, 0.3) is 0 Å². The zero-order chi connectivity index (χ0) is 9.26. The lowest BCUT2D eigenvalue weighted by molar-refractivity contribution is 0.739. The maximum absolute atomic E-state index is 4.59. The summed E-state index contributed by atoms with van der Waals surface area (Å²) in [5.41, 5.74) is 2.53. The molecule has 1 unspecified atom stereocenters. The average Bonchev–Trinajstić information content (AvgIpc) is 2.53. The number of aliphatic imine (C=N–C) groups is 1. The van der Waals surface area contributed by atoms with Crippen LogP contribution in [0.4, 0.5) is 0 Å². The van der Waals surface area contributed by atoms with Crippen molar-refractivity contribution in [2.24, 2.45) is 4.99 Å². The van der Waals surface area contributed by atoms with Crippen molar-refractivity contribution in [3.63, 3.8) is 0 Å². The molecule has 13 heavy (non-hydrogen) atoms. The van der Waals surface area contributed by atoms with E-state index >= 15 is 0 Å². The monoisotopic (exact) mass is 237 g/mol. The molecule has 0 radical (unpaired) electrons. The van der Waals surface area contributed by atoms with Crippen LogP contribution in [0, 0.1) is 0 Å². The summed E-state index contributed by atoms with van der Waals surface area (Å²) in [4.78, 5) is 4.59. The van der Waals surface area contributed by atoms with Crippen molar-refractivity contribution in [3.8, 4) is 0 Å². The zero-order valence-electron chi connectivity index (χ0n) is 7.63. The molecule has 1 nitrogen and oxygen atoms in total. The van der Waals surface area contributed by atoms with Crippen molar-refractivity contribution in [1.29, 1.82) is 0 Å². The molecule has 2 rings (SSSR count). The van der Waals surface area contributed by atoms with Gasteiger partial charge in [-0.25, -0.2) is 0 Å². The maximum atomic E-state index is 4.59. The van der Waals surface area contributed by atoms with Crippen LogP contribution in [0.2, 0.25) is 0 Å². The van der Waals surface area contributed by atoms with Gasteiger partial charge in [-0.15, -0.1) is 0 Å². The summed E-state index contributed by atoms with van der Waals surface area (Å²) in [7, 11) is 0. The quantitative estimate of drug-likeness (QED) is 0.710. The second-order valence-corrected chi connectivity index (χ2v) is 4.39. The highest BCUT2D eigenvalue weighted by atomic mass is 79.9. The van der Waals surface area contributed by atoms with E-state index in [9.17, 15) is 0 Å². The van der Waals surface area contributed by atoms with E-state index in [1.165, 1.54) is 17.7 Å². The molecule has 1 aliphatic rings. The fourth-order valence-electron chi connectivity index (χ4n) is 1.60. The van der Waals surface area contributed by atoms with E-state index in [1.807, 2.05) is 0 Å². The van der Waals surface area contributed by atoms with Crippen molar-refractivity contribution < 1.29 is 0 Å². The third kappa shape index (κ3) is 1.99. The lowest BCUT2D eigenvalue weighted by Gasteiger charge is -1.99. The Bertz CT molecular complexity index is 326. The third-order valence-corrected chi connectivity index (χ3v) is 2.88. The molecule has 0 saturated heterocycles. The summed E-state index contributed by atoms with van der Waals surface area (Å²) in [5, 5.41) is 0. The van der Waals surface area contributed by atoms with E-state index < -0.39 is 0 Å². The highest BCUT2D eigenvalue weighted by molar-refractivity contribution is 9.10. The number of nitrogens with zero attached hydrogens (tertiary/aromatic N) is 1. The molecular formula is C11H12BrN. The molecule has 0 fully saturated rings. The number of hydrogen-bond donors (Lipinski definition) is 0. The van der Waals surface area contributed by atoms with E-state index in [0.29, 0.717) is 6.04 Å². The first-order valence-electron chi connectivity index (χ1n) is 4.58. The Labute approximate surface area is 87.0 Å². The Kier molecular flexibility index (Phi) is 2.49. The van der Waals surface area contributed by atoms with Crippen LogP contribution >= 0.6 is 15.9 Å². The van der Waals surface area contributed by atoms with Crippen LogP contribution < -0.4 is 0 Å². The van der Waals surface area contributed by atoms with Crippen LogP contribution in [0.5, 0.6) is 0 Å². The molecule has 0 N–H and O–H groups in total. The lowest BCUT2D eigenvalue weighted by Crippen LogP contribution is -1.94. The second kappa shape index (κ2) is 3.62. The minimum Gasteiger partial charge on any atom is -0.286 e. The van der Waals surface area contributed by atoms with Gasteiger partial charge >= 0.3 is 0 Å². The van der Waals surface area contributed by atoms with E-state index in [1.54, 1.807) is 0 Å². The molecule has 1 aromatic carbocycles. The normalized spacial score (nSPS) is 21.7. The van der Waals surface area contributed by atoms with E-state index in [0.717, 1.165) is 10.9 Å². The Balaban J connectivity index is 2.26. The van der Waals surface area contributed by atoms with Crippen LogP contribution in [-0.2, 0) is 0 Å². The Morgan fingerprint density at radius 1 is 1.31 bits per heavy atom. The van der Waals surface area contributed by atoms with E-state index in [-0.39, 0.29) is 0 Å². The van der Waals surface area contributed by atoms with Crippen LogP contribution in [0.15, 0.2) is 33.7 Å². The highest BCUT2D eigenvalue weighted by Crippen LogP contribution is 2.19. The molecule has 0 aliphatic carbocycles. The predicted molar refractivity (Wildman–Crippen MR) is 59.4 cm³/mol. The fraction of sp³-hybridized carbons (Fsp3) is 0.364. The number of rotatable bonds is 1. The van der Waals surface area contributed by atoms with Gasteiger partial charge in [-0.05, 0) is 37.5 Å². The largest absolute Gasteiger partial charge is 0.286 e. The minimum absolute atomic E-state index is 0.513. The van der Waals surface area contributed by atoms with E-state index in [2.05, 4.69) is 52.1 Å². The van der Waals surface area contributed by atoms with Gasteiger partial charge in [0.05, 0.1) is 0 Å². The average molecular weight is 238 g/mol. The van der Waals surface area contributed by atoms with Gasteiger partial charge in [-0.3, -0.25) is 4.99 Å². The summed E-state index contributed by atoms with van der Waals surface area (Å²) in [6.45, 7) is 2.17. The fourth-order valence-corrected chi connectivity index (χ4v) is 1.87. The number of halogens is 1. The van der Waals surface area contributed by atoms with Gasteiger partial charge < -0.3 is 0 Å². The van der Waals surface area contributed by atoms with Crippen molar-refractivity contribution in [2.75, 3.05) is 0 Å². The van der Waals surface area contributed by atoms with Crippen molar-refractivity contribution in [2.45, 2.75) is 25.8 Å². The summed E-state index contributed by atoms with van der Waals surface area (Å²) in [5.74, 6) is 0. The third-order valence-electron chi connectivity index (χ3n) is 2.35. The van der Waals surface area contributed by atoms with Gasteiger partial charge in [0.2, 0.25) is 0 Å². The predicted octanol–water partition coefficient (Wildman–Crippen LogP) is 3.42. The molecule has 1 aliphatic heterocycles.